The van der Waals surface area contributed by atoms with Gasteiger partial charge in [0.25, 0.3) is 0 Å². The molecule has 0 aliphatic carbocycles. The Morgan fingerprint density at radius 2 is 1.83 bits per heavy atom. The van der Waals surface area contributed by atoms with Gasteiger partial charge in [0.2, 0.25) is 0 Å². The summed E-state index contributed by atoms with van der Waals surface area (Å²) in [5.74, 6) is 0.742. The molecule has 0 radical (unpaired) electrons. The molecule has 24 heavy (non-hydrogen) atoms. The fourth-order valence-corrected chi connectivity index (χ4v) is 4.54. The first kappa shape index (κ1) is 16.2. The molecule has 0 fully saturated rings. The Balaban J connectivity index is 1.90. The van der Waals surface area contributed by atoms with Gasteiger partial charge in [-0.25, -0.2) is 4.98 Å². The molecule has 2 aromatic heterocycles. The van der Waals surface area contributed by atoms with Gasteiger partial charge in [0.15, 0.2) is 0 Å². The molecule has 1 aliphatic rings. The second-order valence-corrected chi connectivity index (χ2v) is 7.50. The Morgan fingerprint density at radius 1 is 1.08 bits per heavy atom. The lowest BCUT2D eigenvalue weighted by Gasteiger charge is -2.24. The van der Waals surface area contributed by atoms with Gasteiger partial charge in [0.1, 0.15) is 5.65 Å². The van der Waals surface area contributed by atoms with E-state index in [1.807, 2.05) is 47.9 Å². The number of halogens is 3. The topological polar surface area (TPSA) is 20.5 Å². The van der Waals surface area contributed by atoms with Crippen molar-refractivity contribution in [2.75, 3.05) is 10.8 Å². The van der Waals surface area contributed by atoms with Crippen LogP contribution in [0.2, 0.25) is 15.1 Å². The summed E-state index contributed by atoms with van der Waals surface area (Å²) in [6.07, 6.45) is 1.88. The number of fused-ring (bicyclic) bond motifs is 1. The van der Waals surface area contributed by atoms with E-state index in [1.54, 1.807) is 11.8 Å². The van der Waals surface area contributed by atoms with Gasteiger partial charge in [-0.1, -0.05) is 40.9 Å². The van der Waals surface area contributed by atoms with Crippen LogP contribution in [0.5, 0.6) is 0 Å². The second kappa shape index (κ2) is 6.19. The standard InChI is InChI=1S/C17H12Cl3N3S/c1-10-16(22-7-11(18)5-6-15(22)21-10)14-8-24-9-23(14)17-12(19)3-2-4-13(17)20/h2-8H,9H2,1H3. The highest BCUT2D eigenvalue weighted by Crippen LogP contribution is 2.43. The van der Waals surface area contributed by atoms with Crippen LogP contribution < -0.4 is 4.90 Å². The lowest BCUT2D eigenvalue weighted by atomic mass is 10.2. The average molecular weight is 397 g/mol. The molecule has 122 valence electrons. The molecule has 0 saturated carbocycles. The summed E-state index contributed by atoms with van der Waals surface area (Å²) in [6, 6.07) is 9.30. The third-order valence-corrected chi connectivity index (χ3v) is 5.53. The second-order valence-electron chi connectivity index (χ2n) is 5.42. The smallest absolute Gasteiger partial charge is 0.137 e. The number of benzene rings is 1. The third kappa shape index (κ3) is 2.58. The largest absolute Gasteiger partial charge is 0.327 e. The minimum atomic E-state index is 0.625. The van der Waals surface area contributed by atoms with Crippen molar-refractivity contribution < 1.29 is 0 Å². The van der Waals surface area contributed by atoms with Crippen molar-refractivity contribution in [3.05, 3.63) is 68.4 Å². The van der Waals surface area contributed by atoms with Crippen molar-refractivity contribution in [3.8, 4) is 0 Å². The Kier molecular flexibility index (Phi) is 4.17. The Morgan fingerprint density at radius 3 is 2.58 bits per heavy atom. The van der Waals surface area contributed by atoms with Crippen LogP contribution in [-0.2, 0) is 0 Å². The summed E-state index contributed by atoms with van der Waals surface area (Å²) in [5.41, 5.74) is 4.61. The number of anilines is 1. The van der Waals surface area contributed by atoms with E-state index in [2.05, 4.69) is 15.3 Å². The van der Waals surface area contributed by atoms with Gasteiger partial charge < -0.3 is 4.90 Å². The van der Waals surface area contributed by atoms with E-state index >= 15 is 0 Å². The van der Waals surface area contributed by atoms with E-state index in [0.717, 1.165) is 34.3 Å². The molecule has 0 unspecified atom stereocenters. The lowest BCUT2D eigenvalue weighted by Crippen LogP contribution is -2.19. The third-order valence-electron chi connectivity index (χ3n) is 3.90. The average Bonchev–Trinajstić information content (AvgIpc) is 3.10. The van der Waals surface area contributed by atoms with Gasteiger partial charge in [-0.05, 0) is 36.6 Å². The van der Waals surface area contributed by atoms with Gasteiger partial charge in [0, 0.05) is 6.20 Å². The number of rotatable bonds is 2. The zero-order valence-electron chi connectivity index (χ0n) is 12.6. The predicted molar refractivity (Wildman–Crippen MR) is 104 cm³/mol. The maximum absolute atomic E-state index is 6.41. The molecule has 0 N–H and O–H groups in total. The summed E-state index contributed by atoms with van der Waals surface area (Å²) >= 11 is 20.7. The summed E-state index contributed by atoms with van der Waals surface area (Å²) in [7, 11) is 0. The van der Waals surface area contributed by atoms with Gasteiger partial charge in [-0.2, -0.15) is 0 Å². The van der Waals surface area contributed by atoms with E-state index in [9.17, 15) is 0 Å². The molecule has 3 aromatic rings. The van der Waals surface area contributed by atoms with Crippen LogP contribution in [0.15, 0.2) is 41.9 Å². The minimum Gasteiger partial charge on any atom is -0.327 e. The van der Waals surface area contributed by atoms with Crippen LogP contribution in [0.3, 0.4) is 0 Å². The predicted octanol–water partition coefficient (Wildman–Crippen LogP) is 6.11. The first-order chi connectivity index (χ1) is 11.6. The molecular formula is C17H12Cl3N3S. The van der Waals surface area contributed by atoms with Gasteiger partial charge in [-0.3, -0.25) is 4.40 Å². The number of thioether (sulfide) groups is 1. The van der Waals surface area contributed by atoms with Crippen molar-refractivity contribution in [3.63, 3.8) is 0 Å². The fraction of sp³-hybridized carbons (Fsp3) is 0.118. The molecule has 7 heteroatoms. The summed E-state index contributed by atoms with van der Waals surface area (Å²) in [6.45, 7) is 1.99. The quantitative estimate of drug-likeness (QED) is 0.521. The highest BCUT2D eigenvalue weighted by Gasteiger charge is 2.27. The van der Waals surface area contributed by atoms with Crippen molar-refractivity contribution in [1.29, 1.82) is 0 Å². The van der Waals surface area contributed by atoms with Crippen molar-refractivity contribution >= 4 is 63.6 Å². The number of aromatic nitrogens is 2. The van der Waals surface area contributed by atoms with E-state index in [0.29, 0.717) is 15.1 Å². The molecule has 4 rings (SSSR count). The summed E-state index contributed by atoms with van der Waals surface area (Å²) in [5, 5.41) is 4.02. The van der Waals surface area contributed by atoms with Crippen molar-refractivity contribution in [1.82, 2.24) is 9.38 Å². The maximum Gasteiger partial charge on any atom is 0.137 e. The normalized spacial score (nSPS) is 14.5. The van der Waals surface area contributed by atoms with E-state index in [4.69, 9.17) is 34.8 Å². The van der Waals surface area contributed by atoms with Gasteiger partial charge in [0.05, 0.1) is 43.7 Å². The Bertz CT molecular complexity index is 960. The molecule has 0 atom stereocenters. The summed E-state index contributed by atoms with van der Waals surface area (Å²) in [4.78, 5) is 6.75. The number of pyridine rings is 1. The fourth-order valence-electron chi connectivity index (χ4n) is 2.88. The Labute approximate surface area is 158 Å². The molecule has 1 aliphatic heterocycles. The number of hydrogen-bond acceptors (Lipinski definition) is 3. The molecular weight excluding hydrogens is 385 g/mol. The van der Waals surface area contributed by atoms with Crippen molar-refractivity contribution in [2.24, 2.45) is 0 Å². The van der Waals surface area contributed by atoms with Gasteiger partial charge in [-0.15, -0.1) is 11.8 Å². The SMILES string of the molecule is Cc1nc2ccc(Cl)cn2c1C1=CSCN1c1c(Cl)cccc1Cl. The van der Waals surface area contributed by atoms with Crippen LogP contribution in [-0.4, -0.2) is 15.3 Å². The summed E-state index contributed by atoms with van der Waals surface area (Å²) < 4.78 is 2.01. The molecule has 0 saturated heterocycles. The van der Waals surface area contributed by atoms with Crippen LogP contribution in [0, 0.1) is 6.92 Å². The molecule has 3 heterocycles. The highest BCUT2D eigenvalue weighted by molar-refractivity contribution is 8.02. The maximum atomic E-state index is 6.41. The first-order valence-electron chi connectivity index (χ1n) is 7.24. The number of aryl methyl sites for hydroxylation is 1. The molecule has 0 bridgehead atoms. The number of nitrogens with zero attached hydrogens (tertiary/aromatic N) is 3. The molecule has 1 aromatic carbocycles. The number of para-hydroxylation sites is 1. The zero-order valence-corrected chi connectivity index (χ0v) is 15.7. The Hall–Kier alpha value is -1.33. The van der Waals surface area contributed by atoms with Crippen LogP contribution in [0.1, 0.15) is 11.4 Å². The van der Waals surface area contributed by atoms with Gasteiger partial charge >= 0.3 is 0 Å². The van der Waals surface area contributed by atoms with Crippen LogP contribution >= 0.6 is 46.6 Å². The molecule has 0 amide bonds. The number of hydrogen-bond donors (Lipinski definition) is 0. The molecule has 3 nitrogen and oxygen atoms in total. The van der Waals surface area contributed by atoms with Crippen LogP contribution in [0.4, 0.5) is 5.69 Å². The molecule has 0 spiro atoms. The minimum absolute atomic E-state index is 0.625. The zero-order chi connectivity index (χ0) is 16.8. The van der Waals surface area contributed by atoms with E-state index < -0.39 is 0 Å². The lowest BCUT2D eigenvalue weighted by molar-refractivity contribution is 1.10. The number of imidazole rings is 1. The first-order valence-corrected chi connectivity index (χ1v) is 9.42. The van der Waals surface area contributed by atoms with Crippen molar-refractivity contribution in [2.45, 2.75) is 6.92 Å². The van der Waals surface area contributed by atoms with Crippen LogP contribution in [0.25, 0.3) is 11.3 Å². The monoisotopic (exact) mass is 395 g/mol. The highest BCUT2D eigenvalue weighted by atomic mass is 35.5. The van der Waals surface area contributed by atoms with E-state index in [1.165, 1.54) is 0 Å². The van der Waals surface area contributed by atoms with E-state index in [-0.39, 0.29) is 0 Å².